The number of nitrogens with zero attached hydrogens (tertiary/aromatic N) is 1. The van der Waals surface area contributed by atoms with Crippen LogP contribution in [0.4, 0.5) is 5.13 Å². The SMILES string of the molecule is CSC(C)CC(=O)Nc1nccs1. The van der Waals surface area contributed by atoms with Crippen molar-refractivity contribution in [3.63, 3.8) is 0 Å². The fourth-order valence-corrected chi connectivity index (χ4v) is 1.66. The van der Waals surface area contributed by atoms with E-state index in [1.807, 2.05) is 18.6 Å². The van der Waals surface area contributed by atoms with Gasteiger partial charge >= 0.3 is 0 Å². The van der Waals surface area contributed by atoms with Crippen LogP contribution in [0.5, 0.6) is 0 Å². The topological polar surface area (TPSA) is 42.0 Å². The highest BCUT2D eigenvalue weighted by atomic mass is 32.2. The Kier molecular flexibility index (Phi) is 4.24. The van der Waals surface area contributed by atoms with E-state index < -0.39 is 0 Å². The van der Waals surface area contributed by atoms with Crippen LogP contribution in [0.1, 0.15) is 13.3 Å². The van der Waals surface area contributed by atoms with Crippen molar-refractivity contribution in [1.82, 2.24) is 4.98 Å². The summed E-state index contributed by atoms with van der Waals surface area (Å²) in [6, 6.07) is 0. The van der Waals surface area contributed by atoms with Crippen molar-refractivity contribution in [3.05, 3.63) is 11.6 Å². The van der Waals surface area contributed by atoms with Gasteiger partial charge in [-0.2, -0.15) is 11.8 Å². The monoisotopic (exact) mass is 216 g/mol. The summed E-state index contributed by atoms with van der Waals surface area (Å²) in [5.41, 5.74) is 0. The number of carbonyl (C=O) groups is 1. The zero-order valence-corrected chi connectivity index (χ0v) is 9.24. The van der Waals surface area contributed by atoms with E-state index in [0.717, 1.165) is 0 Å². The molecule has 0 bridgehead atoms. The molecule has 0 aliphatic carbocycles. The Labute approximate surface area is 86.0 Å². The molecule has 1 aromatic heterocycles. The van der Waals surface area contributed by atoms with E-state index >= 15 is 0 Å². The highest BCUT2D eigenvalue weighted by Crippen LogP contribution is 2.13. The summed E-state index contributed by atoms with van der Waals surface area (Å²) in [6.45, 7) is 2.03. The van der Waals surface area contributed by atoms with Gasteiger partial charge in [-0.3, -0.25) is 4.79 Å². The zero-order chi connectivity index (χ0) is 9.68. The van der Waals surface area contributed by atoms with E-state index in [9.17, 15) is 4.79 Å². The summed E-state index contributed by atoms with van der Waals surface area (Å²) < 4.78 is 0. The van der Waals surface area contributed by atoms with E-state index in [1.165, 1.54) is 11.3 Å². The third-order valence-corrected chi connectivity index (χ3v) is 3.21. The van der Waals surface area contributed by atoms with Crippen molar-refractivity contribution in [1.29, 1.82) is 0 Å². The third kappa shape index (κ3) is 3.78. The summed E-state index contributed by atoms with van der Waals surface area (Å²) in [6.07, 6.45) is 4.22. The van der Waals surface area contributed by atoms with E-state index in [-0.39, 0.29) is 5.91 Å². The molecule has 0 spiro atoms. The molecule has 5 heteroatoms. The molecule has 0 saturated carbocycles. The highest BCUT2D eigenvalue weighted by molar-refractivity contribution is 7.99. The Hall–Kier alpha value is -0.550. The average Bonchev–Trinajstić information content (AvgIpc) is 2.56. The van der Waals surface area contributed by atoms with Crippen molar-refractivity contribution >= 4 is 34.1 Å². The zero-order valence-electron chi connectivity index (χ0n) is 7.61. The minimum Gasteiger partial charge on any atom is -0.302 e. The first-order valence-corrected chi connectivity index (χ1v) is 6.11. The number of rotatable bonds is 4. The summed E-state index contributed by atoms with van der Waals surface area (Å²) in [5.74, 6) is 0.0387. The Balaban J connectivity index is 2.34. The number of carbonyl (C=O) groups excluding carboxylic acids is 1. The van der Waals surface area contributed by atoms with Crippen molar-refractivity contribution < 1.29 is 4.79 Å². The molecule has 1 atom stereocenters. The molecule has 0 aliphatic heterocycles. The van der Waals surface area contributed by atoms with Gasteiger partial charge in [0, 0.05) is 23.2 Å². The first-order chi connectivity index (χ1) is 6.22. The van der Waals surface area contributed by atoms with Crippen LogP contribution in [-0.2, 0) is 4.79 Å². The van der Waals surface area contributed by atoms with Crippen LogP contribution in [0.3, 0.4) is 0 Å². The van der Waals surface area contributed by atoms with Gasteiger partial charge in [0.15, 0.2) is 5.13 Å². The quantitative estimate of drug-likeness (QED) is 0.839. The second-order valence-corrected chi connectivity index (χ2v) is 4.81. The van der Waals surface area contributed by atoms with Gasteiger partial charge in [0.2, 0.25) is 5.91 Å². The van der Waals surface area contributed by atoms with Gasteiger partial charge in [0.1, 0.15) is 0 Å². The number of anilines is 1. The summed E-state index contributed by atoms with van der Waals surface area (Å²) in [4.78, 5) is 15.3. The lowest BCUT2D eigenvalue weighted by atomic mass is 10.3. The van der Waals surface area contributed by atoms with Crippen LogP contribution in [0.2, 0.25) is 0 Å². The lowest BCUT2D eigenvalue weighted by Crippen LogP contribution is -2.15. The first-order valence-electron chi connectivity index (χ1n) is 3.94. The van der Waals surface area contributed by atoms with Gasteiger partial charge in [-0.25, -0.2) is 4.98 Å². The van der Waals surface area contributed by atoms with Crippen LogP contribution in [-0.4, -0.2) is 22.4 Å². The second kappa shape index (κ2) is 5.24. The lowest BCUT2D eigenvalue weighted by molar-refractivity contribution is -0.116. The molecule has 72 valence electrons. The van der Waals surface area contributed by atoms with E-state index in [4.69, 9.17) is 0 Å². The summed E-state index contributed by atoms with van der Waals surface area (Å²) >= 11 is 3.12. The number of hydrogen-bond donors (Lipinski definition) is 1. The van der Waals surface area contributed by atoms with Crippen LogP contribution < -0.4 is 5.32 Å². The standard InChI is InChI=1S/C8H12N2OS2/c1-6(12-2)5-7(11)10-8-9-3-4-13-8/h3-4,6H,5H2,1-2H3,(H,9,10,11). The van der Waals surface area contributed by atoms with E-state index in [2.05, 4.69) is 10.3 Å². The maximum Gasteiger partial charge on any atom is 0.227 e. The number of thiazole rings is 1. The van der Waals surface area contributed by atoms with Gasteiger partial charge in [0.05, 0.1) is 0 Å². The van der Waals surface area contributed by atoms with Crippen molar-refractivity contribution in [2.24, 2.45) is 0 Å². The fourth-order valence-electron chi connectivity index (χ4n) is 0.800. The molecule has 1 rings (SSSR count). The number of amides is 1. The summed E-state index contributed by atoms with van der Waals surface area (Å²) in [5, 5.41) is 5.62. The molecule has 0 aliphatic rings. The lowest BCUT2D eigenvalue weighted by Gasteiger charge is -2.06. The predicted octanol–water partition coefficient (Wildman–Crippen LogP) is 2.22. The van der Waals surface area contributed by atoms with Gasteiger partial charge in [-0.1, -0.05) is 6.92 Å². The van der Waals surface area contributed by atoms with E-state index in [1.54, 1.807) is 18.0 Å². The number of aromatic nitrogens is 1. The minimum absolute atomic E-state index is 0.0387. The first kappa shape index (κ1) is 10.5. The van der Waals surface area contributed by atoms with Gasteiger partial charge < -0.3 is 5.32 Å². The highest BCUT2D eigenvalue weighted by Gasteiger charge is 2.08. The molecule has 0 radical (unpaired) electrons. The Morgan fingerprint density at radius 3 is 3.15 bits per heavy atom. The van der Waals surface area contributed by atoms with Crippen LogP contribution >= 0.6 is 23.1 Å². The van der Waals surface area contributed by atoms with Gasteiger partial charge in [0.25, 0.3) is 0 Å². The average molecular weight is 216 g/mol. The second-order valence-electron chi connectivity index (χ2n) is 2.64. The van der Waals surface area contributed by atoms with Gasteiger partial charge in [-0.05, 0) is 6.26 Å². The van der Waals surface area contributed by atoms with Crippen LogP contribution in [0, 0.1) is 0 Å². The molecular weight excluding hydrogens is 204 g/mol. The fraction of sp³-hybridized carbons (Fsp3) is 0.500. The number of thioether (sulfide) groups is 1. The Bertz CT molecular complexity index is 261. The molecule has 1 amide bonds. The normalized spacial score (nSPS) is 12.5. The molecule has 3 nitrogen and oxygen atoms in total. The molecule has 1 N–H and O–H groups in total. The maximum atomic E-state index is 11.3. The molecule has 1 heterocycles. The largest absolute Gasteiger partial charge is 0.302 e. The van der Waals surface area contributed by atoms with Crippen molar-refractivity contribution in [3.8, 4) is 0 Å². The Morgan fingerprint density at radius 1 is 1.85 bits per heavy atom. The van der Waals surface area contributed by atoms with Crippen molar-refractivity contribution in [2.45, 2.75) is 18.6 Å². The summed E-state index contributed by atoms with van der Waals surface area (Å²) in [7, 11) is 0. The maximum absolute atomic E-state index is 11.3. The van der Waals surface area contributed by atoms with Crippen molar-refractivity contribution in [2.75, 3.05) is 11.6 Å². The van der Waals surface area contributed by atoms with E-state index in [0.29, 0.717) is 16.8 Å². The molecule has 1 aromatic rings. The molecule has 0 aromatic carbocycles. The van der Waals surface area contributed by atoms with Crippen LogP contribution in [0.25, 0.3) is 0 Å². The van der Waals surface area contributed by atoms with Crippen LogP contribution in [0.15, 0.2) is 11.6 Å². The molecule has 0 fully saturated rings. The number of nitrogens with one attached hydrogen (secondary N) is 1. The van der Waals surface area contributed by atoms with Gasteiger partial charge in [-0.15, -0.1) is 11.3 Å². The molecule has 1 unspecified atom stereocenters. The third-order valence-electron chi connectivity index (χ3n) is 1.55. The molecule has 0 saturated heterocycles. The smallest absolute Gasteiger partial charge is 0.227 e. The Morgan fingerprint density at radius 2 is 2.62 bits per heavy atom. The molecule has 13 heavy (non-hydrogen) atoms. The number of hydrogen-bond acceptors (Lipinski definition) is 4. The minimum atomic E-state index is 0.0387. The molecular formula is C8H12N2OS2. The predicted molar refractivity (Wildman–Crippen MR) is 58.3 cm³/mol.